The fourth-order valence-corrected chi connectivity index (χ4v) is 6.07. The molecule has 2 aliphatic heterocycles. The molecule has 1 aromatic heterocycles. The first kappa shape index (κ1) is 30.1. The molecule has 4 aromatic carbocycles. The number of nitrogens with zero attached hydrogens (tertiary/aromatic N) is 2. The molecule has 226 valence electrons. The van der Waals surface area contributed by atoms with E-state index in [0.717, 1.165) is 50.4 Å². The first-order valence-electron chi connectivity index (χ1n) is 14.6. The van der Waals surface area contributed by atoms with Crippen LogP contribution >= 0.6 is 15.9 Å². The van der Waals surface area contributed by atoms with Gasteiger partial charge in [0, 0.05) is 56.0 Å². The SMILES string of the molecule is Fc1ccc2c(c1-c1ccoc1)OCCN(Cc1ccccc1)C2.Fc1ccc2c(c1Br)OCCN(Cc1ccccc1)C2. The van der Waals surface area contributed by atoms with Gasteiger partial charge in [-0.25, -0.2) is 8.78 Å². The lowest BCUT2D eigenvalue weighted by atomic mass is 10.0. The van der Waals surface area contributed by atoms with Gasteiger partial charge in [-0.2, -0.15) is 0 Å². The first-order valence-corrected chi connectivity index (χ1v) is 15.4. The number of hydrogen-bond donors (Lipinski definition) is 0. The van der Waals surface area contributed by atoms with Crippen LogP contribution < -0.4 is 9.47 Å². The zero-order valence-corrected chi connectivity index (χ0v) is 25.8. The second kappa shape index (κ2) is 14.2. The number of rotatable bonds is 5. The number of fused-ring (bicyclic) bond motifs is 2. The van der Waals surface area contributed by atoms with Crippen molar-refractivity contribution in [2.45, 2.75) is 26.2 Å². The molecule has 0 spiro atoms. The zero-order chi connectivity index (χ0) is 30.3. The molecule has 0 N–H and O–H groups in total. The van der Waals surface area contributed by atoms with Gasteiger partial charge in [0.05, 0.1) is 22.6 Å². The molecule has 7 rings (SSSR count). The van der Waals surface area contributed by atoms with E-state index in [1.165, 1.54) is 23.3 Å². The second-order valence-electron chi connectivity index (χ2n) is 10.9. The number of furan rings is 1. The maximum absolute atomic E-state index is 14.4. The van der Waals surface area contributed by atoms with Crippen LogP contribution in [0.4, 0.5) is 8.78 Å². The Labute approximate surface area is 264 Å². The van der Waals surface area contributed by atoms with Crippen LogP contribution in [0.2, 0.25) is 0 Å². The lowest BCUT2D eigenvalue weighted by Gasteiger charge is -2.19. The topological polar surface area (TPSA) is 38.1 Å². The van der Waals surface area contributed by atoms with E-state index in [1.54, 1.807) is 24.7 Å². The highest BCUT2D eigenvalue weighted by Crippen LogP contribution is 2.38. The minimum absolute atomic E-state index is 0.278. The van der Waals surface area contributed by atoms with Crippen molar-refractivity contribution in [2.75, 3.05) is 26.3 Å². The van der Waals surface area contributed by atoms with Gasteiger partial charge < -0.3 is 13.9 Å². The highest BCUT2D eigenvalue weighted by atomic mass is 79.9. The third kappa shape index (κ3) is 7.21. The Morgan fingerprint density at radius 3 is 1.75 bits per heavy atom. The summed E-state index contributed by atoms with van der Waals surface area (Å²) < 4.78 is 45.1. The fourth-order valence-electron chi connectivity index (χ4n) is 5.57. The Bertz CT molecular complexity index is 1670. The molecule has 0 saturated heterocycles. The first-order chi connectivity index (χ1) is 21.5. The molecule has 5 aromatic rings. The lowest BCUT2D eigenvalue weighted by Crippen LogP contribution is -2.25. The minimum Gasteiger partial charge on any atom is -0.491 e. The van der Waals surface area contributed by atoms with Crippen LogP contribution in [-0.2, 0) is 26.2 Å². The zero-order valence-electron chi connectivity index (χ0n) is 24.2. The Morgan fingerprint density at radius 2 is 1.18 bits per heavy atom. The van der Waals surface area contributed by atoms with E-state index in [1.807, 2.05) is 42.5 Å². The summed E-state index contributed by atoms with van der Waals surface area (Å²) in [6.45, 7) is 5.96. The van der Waals surface area contributed by atoms with Crippen LogP contribution in [0.3, 0.4) is 0 Å². The molecule has 0 bridgehead atoms. The summed E-state index contributed by atoms with van der Waals surface area (Å²) in [6.07, 6.45) is 3.10. The van der Waals surface area contributed by atoms with E-state index >= 15 is 0 Å². The summed E-state index contributed by atoms with van der Waals surface area (Å²) in [5.41, 5.74) is 5.76. The van der Waals surface area contributed by atoms with E-state index in [9.17, 15) is 8.78 Å². The van der Waals surface area contributed by atoms with Gasteiger partial charge in [-0.05, 0) is 45.3 Å². The number of hydrogen-bond acceptors (Lipinski definition) is 5. The molecule has 8 heteroatoms. The van der Waals surface area contributed by atoms with Crippen molar-refractivity contribution in [1.82, 2.24) is 9.80 Å². The van der Waals surface area contributed by atoms with E-state index in [0.29, 0.717) is 40.3 Å². The summed E-state index contributed by atoms with van der Waals surface area (Å²) in [5.74, 6) is 0.708. The monoisotopic (exact) mass is 658 g/mol. The molecule has 5 nitrogen and oxygen atoms in total. The van der Waals surface area contributed by atoms with Crippen molar-refractivity contribution in [3.63, 3.8) is 0 Å². The van der Waals surface area contributed by atoms with Crippen LogP contribution in [0.25, 0.3) is 11.1 Å². The average molecular weight is 660 g/mol. The molecule has 0 saturated carbocycles. The third-order valence-electron chi connectivity index (χ3n) is 7.72. The maximum Gasteiger partial charge on any atom is 0.141 e. The summed E-state index contributed by atoms with van der Waals surface area (Å²) in [4.78, 5) is 4.63. The molecule has 0 aliphatic carbocycles. The predicted octanol–water partition coefficient (Wildman–Crippen LogP) is 8.46. The second-order valence-corrected chi connectivity index (χ2v) is 11.7. The highest BCUT2D eigenvalue weighted by molar-refractivity contribution is 9.10. The van der Waals surface area contributed by atoms with E-state index in [4.69, 9.17) is 13.9 Å². The average Bonchev–Trinajstić information content (AvgIpc) is 3.39. The molecule has 0 atom stereocenters. The standard InChI is InChI=1S/C20H18FNO2.C16H15BrFNO/c21-18-7-6-16-13-22(12-15-4-2-1-3-5-15)9-11-24-20(16)19(18)17-8-10-23-14-17;17-15-14(18)7-6-13-11-19(8-9-20-16(13)15)10-12-4-2-1-3-5-12/h1-8,10,14H,9,11-13H2;1-7H,8-11H2. The Morgan fingerprint density at radius 1 is 0.636 bits per heavy atom. The summed E-state index contributed by atoms with van der Waals surface area (Å²) in [7, 11) is 0. The van der Waals surface area contributed by atoms with E-state index < -0.39 is 0 Å². The Balaban J connectivity index is 0.000000159. The predicted molar refractivity (Wildman–Crippen MR) is 170 cm³/mol. The van der Waals surface area contributed by atoms with Crippen molar-refractivity contribution < 1.29 is 22.7 Å². The largest absolute Gasteiger partial charge is 0.491 e. The van der Waals surface area contributed by atoms with Gasteiger partial charge in [-0.15, -0.1) is 0 Å². The van der Waals surface area contributed by atoms with Gasteiger partial charge in [0.1, 0.15) is 36.3 Å². The Kier molecular flexibility index (Phi) is 9.70. The Hall–Kier alpha value is -3.98. The van der Waals surface area contributed by atoms with Crippen LogP contribution in [-0.4, -0.2) is 36.1 Å². The molecular weight excluding hydrogens is 626 g/mol. The quantitative estimate of drug-likeness (QED) is 0.189. The minimum atomic E-state index is -0.286. The summed E-state index contributed by atoms with van der Waals surface area (Å²) in [5, 5.41) is 0. The van der Waals surface area contributed by atoms with Crippen LogP contribution in [0.1, 0.15) is 22.3 Å². The van der Waals surface area contributed by atoms with Crippen LogP contribution in [0.5, 0.6) is 11.5 Å². The molecule has 3 heterocycles. The van der Waals surface area contributed by atoms with Crippen molar-refractivity contribution in [2.24, 2.45) is 0 Å². The molecule has 0 amide bonds. The van der Waals surface area contributed by atoms with Crippen molar-refractivity contribution in [3.8, 4) is 22.6 Å². The summed E-state index contributed by atoms with van der Waals surface area (Å²) >= 11 is 3.27. The summed E-state index contributed by atoms with van der Waals surface area (Å²) in [6, 6.07) is 29.1. The highest BCUT2D eigenvalue weighted by Gasteiger charge is 2.23. The van der Waals surface area contributed by atoms with Crippen molar-refractivity contribution >= 4 is 15.9 Å². The molecule has 0 radical (unpaired) electrons. The smallest absolute Gasteiger partial charge is 0.141 e. The fraction of sp³-hybridized carbons (Fsp3) is 0.222. The van der Waals surface area contributed by atoms with Gasteiger partial charge in [0.25, 0.3) is 0 Å². The number of ether oxygens (including phenoxy) is 2. The molecule has 0 unspecified atom stereocenters. The van der Waals surface area contributed by atoms with Crippen LogP contribution in [0, 0.1) is 11.6 Å². The third-order valence-corrected chi connectivity index (χ3v) is 8.46. The lowest BCUT2D eigenvalue weighted by molar-refractivity contribution is 0.219. The molecule has 0 fully saturated rings. The van der Waals surface area contributed by atoms with Gasteiger partial charge in [-0.3, -0.25) is 9.80 Å². The van der Waals surface area contributed by atoms with Crippen LogP contribution in [0.15, 0.2) is 112 Å². The molecule has 44 heavy (non-hydrogen) atoms. The molecule has 2 aliphatic rings. The normalized spacial score (nSPS) is 15.0. The van der Waals surface area contributed by atoms with Gasteiger partial charge in [-0.1, -0.05) is 72.8 Å². The molecular formula is C36H33BrF2N2O3. The van der Waals surface area contributed by atoms with Gasteiger partial charge in [0.2, 0.25) is 0 Å². The number of halogens is 3. The maximum atomic E-state index is 14.4. The van der Waals surface area contributed by atoms with Crippen molar-refractivity contribution in [3.05, 3.63) is 142 Å². The van der Waals surface area contributed by atoms with E-state index in [2.05, 4.69) is 50.0 Å². The van der Waals surface area contributed by atoms with E-state index in [-0.39, 0.29) is 11.6 Å². The van der Waals surface area contributed by atoms with Gasteiger partial charge >= 0.3 is 0 Å². The van der Waals surface area contributed by atoms with Gasteiger partial charge in [0.15, 0.2) is 0 Å². The number of benzene rings is 4. The van der Waals surface area contributed by atoms with Crippen molar-refractivity contribution in [1.29, 1.82) is 0 Å².